The SMILES string of the molecule is CC[C@H]1CCCC1CCCC(C)C=O. The summed E-state index contributed by atoms with van der Waals surface area (Å²) >= 11 is 0. The highest BCUT2D eigenvalue weighted by atomic mass is 16.1. The lowest BCUT2D eigenvalue weighted by molar-refractivity contribution is -0.110. The van der Waals surface area contributed by atoms with Gasteiger partial charge in [-0.05, 0) is 18.3 Å². The molecule has 0 radical (unpaired) electrons. The van der Waals surface area contributed by atoms with Gasteiger partial charge in [0.25, 0.3) is 0 Å². The summed E-state index contributed by atoms with van der Waals surface area (Å²) in [5.41, 5.74) is 0. The predicted molar refractivity (Wildman–Crippen MR) is 60.2 cm³/mol. The summed E-state index contributed by atoms with van der Waals surface area (Å²) in [6.07, 6.45) is 10.5. The Kier molecular flexibility index (Phi) is 5.21. The van der Waals surface area contributed by atoms with E-state index in [1.807, 2.05) is 6.92 Å². The molecule has 1 saturated carbocycles. The first-order valence-corrected chi connectivity index (χ1v) is 6.23. The van der Waals surface area contributed by atoms with E-state index in [2.05, 4.69) is 6.92 Å². The van der Waals surface area contributed by atoms with Crippen molar-refractivity contribution in [3.63, 3.8) is 0 Å². The highest BCUT2D eigenvalue weighted by Gasteiger charge is 2.24. The van der Waals surface area contributed by atoms with E-state index in [1.165, 1.54) is 38.5 Å². The molecule has 0 spiro atoms. The van der Waals surface area contributed by atoms with Crippen molar-refractivity contribution >= 4 is 6.29 Å². The molecule has 1 heteroatoms. The summed E-state index contributed by atoms with van der Waals surface area (Å²) in [7, 11) is 0. The van der Waals surface area contributed by atoms with Crippen molar-refractivity contribution in [1.29, 1.82) is 0 Å². The number of rotatable bonds is 6. The molecule has 82 valence electrons. The van der Waals surface area contributed by atoms with Crippen molar-refractivity contribution in [3.05, 3.63) is 0 Å². The Labute approximate surface area is 88.3 Å². The standard InChI is InChI=1S/C13H24O/c1-3-12-7-5-9-13(12)8-4-6-11(2)10-14/h10-13H,3-9H2,1-2H3/t11?,12-,13?/m0/s1. The molecule has 0 heterocycles. The molecule has 0 aromatic rings. The van der Waals surface area contributed by atoms with Crippen LogP contribution >= 0.6 is 0 Å². The van der Waals surface area contributed by atoms with Crippen molar-refractivity contribution in [2.45, 2.75) is 58.8 Å². The van der Waals surface area contributed by atoms with E-state index in [-0.39, 0.29) is 5.92 Å². The number of aldehydes is 1. The maximum atomic E-state index is 10.5. The number of hydrogen-bond donors (Lipinski definition) is 0. The maximum absolute atomic E-state index is 10.5. The Balaban J connectivity index is 2.14. The minimum Gasteiger partial charge on any atom is -0.303 e. The first-order chi connectivity index (χ1) is 6.77. The van der Waals surface area contributed by atoms with Crippen LogP contribution in [0.5, 0.6) is 0 Å². The first kappa shape index (κ1) is 11.7. The lowest BCUT2D eigenvalue weighted by Gasteiger charge is -2.17. The number of carbonyl (C=O) groups is 1. The van der Waals surface area contributed by atoms with Gasteiger partial charge in [-0.25, -0.2) is 0 Å². The molecule has 0 aromatic carbocycles. The van der Waals surface area contributed by atoms with Crippen molar-refractivity contribution < 1.29 is 4.79 Å². The molecule has 3 atom stereocenters. The second-order valence-corrected chi connectivity index (χ2v) is 4.90. The third-order valence-electron chi connectivity index (χ3n) is 3.81. The normalized spacial score (nSPS) is 29.0. The highest BCUT2D eigenvalue weighted by molar-refractivity contribution is 5.52. The van der Waals surface area contributed by atoms with Crippen LogP contribution in [-0.4, -0.2) is 6.29 Å². The van der Waals surface area contributed by atoms with E-state index in [0.717, 1.165) is 24.5 Å². The Morgan fingerprint density at radius 2 is 2.07 bits per heavy atom. The molecule has 1 fully saturated rings. The average molecular weight is 196 g/mol. The van der Waals surface area contributed by atoms with Gasteiger partial charge in [-0.2, -0.15) is 0 Å². The van der Waals surface area contributed by atoms with E-state index in [9.17, 15) is 4.79 Å². The van der Waals surface area contributed by atoms with E-state index in [4.69, 9.17) is 0 Å². The van der Waals surface area contributed by atoms with Crippen LogP contribution in [-0.2, 0) is 4.79 Å². The molecule has 0 saturated heterocycles. The summed E-state index contributed by atoms with van der Waals surface area (Å²) in [5.74, 6) is 2.23. The zero-order valence-corrected chi connectivity index (χ0v) is 9.67. The Bertz CT molecular complexity index is 165. The van der Waals surface area contributed by atoms with Gasteiger partial charge in [0.2, 0.25) is 0 Å². The monoisotopic (exact) mass is 196 g/mol. The predicted octanol–water partition coefficient (Wildman–Crippen LogP) is 3.82. The molecule has 1 nitrogen and oxygen atoms in total. The molecule has 0 amide bonds. The average Bonchev–Trinajstić information content (AvgIpc) is 2.65. The van der Waals surface area contributed by atoms with Gasteiger partial charge in [0.1, 0.15) is 6.29 Å². The Morgan fingerprint density at radius 3 is 2.71 bits per heavy atom. The van der Waals surface area contributed by atoms with Gasteiger partial charge < -0.3 is 4.79 Å². The van der Waals surface area contributed by atoms with Crippen LogP contribution in [0.1, 0.15) is 58.8 Å². The zero-order valence-electron chi connectivity index (χ0n) is 9.67. The van der Waals surface area contributed by atoms with E-state index < -0.39 is 0 Å². The molecule has 0 N–H and O–H groups in total. The molecule has 1 aliphatic carbocycles. The third-order valence-corrected chi connectivity index (χ3v) is 3.81. The molecule has 1 rings (SSSR count). The fraction of sp³-hybridized carbons (Fsp3) is 0.923. The van der Waals surface area contributed by atoms with Gasteiger partial charge in [0, 0.05) is 5.92 Å². The van der Waals surface area contributed by atoms with Crippen LogP contribution in [0.15, 0.2) is 0 Å². The van der Waals surface area contributed by atoms with Crippen LogP contribution in [0.25, 0.3) is 0 Å². The largest absolute Gasteiger partial charge is 0.303 e. The minimum absolute atomic E-state index is 0.275. The van der Waals surface area contributed by atoms with Crippen LogP contribution in [0.4, 0.5) is 0 Å². The van der Waals surface area contributed by atoms with Gasteiger partial charge in [0.05, 0.1) is 0 Å². The minimum atomic E-state index is 0.275. The lowest BCUT2D eigenvalue weighted by Crippen LogP contribution is -2.07. The van der Waals surface area contributed by atoms with E-state index in [0.29, 0.717) is 0 Å². The van der Waals surface area contributed by atoms with Crippen LogP contribution in [0, 0.1) is 17.8 Å². The van der Waals surface area contributed by atoms with Crippen molar-refractivity contribution in [1.82, 2.24) is 0 Å². The summed E-state index contributed by atoms with van der Waals surface area (Å²) < 4.78 is 0. The topological polar surface area (TPSA) is 17.1 Å². The second-order valence-electron chi connectivity index (χ2n) is 4.90. The molecule has 2 unspecified atom stereocenters. The van der Waals surface area contributed by atoms with E-state index >= 15 is 0 Å². The molecule has 1 aliphatic rings. The number of hydrogen-bond acceptors (Lipinski definition) is 1. The lowest BCUT2D eigenvalue weighted by atomic mass is 9.88. The first-order valence-electron chi connectivity index (χ1n) is 6.23. The van der Waals surface area contributed by atoms with Gasteiger partial charge in [0.15, 0.2) is 0 Å². The molecular weight excluding hydrogens is 172 g/mol. The quantitative estimate of drug-likeness (QED) is 0.590. The van der Waals surface area contributed by atoms with E-state index in [1.54, 1.807) is 0 Å². The smallest absolute Gasteiger partial charge is 0.122 e. The molecule has 14 heavy (non-hydrogen) atoms. The molecule has 0 aliphatic heterocycles. The Hall–Kier alpha value is -0.330. The fourth-order valence-electron chi connectivity index (χ4n) is 2.80. The highest BCUT2D eigenvalue weighted by Crippen LogP contribution is 2.37. The number of carbonyl (C=O) groups excluding carboxylic acids is 1. The van der Waals surface area contributed by atoms with Gasteiger partial charge >= 0.3 is 0 Å². The summed E-state index contributed by atoms with van der Waals surface area (Å²) in [6, 6.07) is 0. The summed E-state index contributed by atoms with van der Waals surface area (Å²) in [4.78, 5) is 10.5. The van der Waals surface area contributed by atoms with Crippen LogP contribution < -0.4 is 0 Å². The third kappa shape index (κ3) is 3.43. The summed E-state index contributed by atoms with van der Waals surface area (Å²) in [5, 5.41) is 0. The zero-order chi connectivity index (χ0) is 10.4. The van der Waals surface area contributed by atoms with Gasteiger partial charge in [-0.3, -0.25) is 0 Å². The Morgan fingerprint density at radius 1 is 1.36 bits per heavy atom. The van der Waals surface area contributed by atoms with Crippen LogP contribution in [0.2, 0.25) is 0 Å². The van der Waals surface area contributed by atoms with Crippen LogP contribution in [0.3, 0.4) is 0 Å². The van der Waals surface area contributed by atoms with Gasteiger partial charge in [-0.15, -0.1) is 0 Å². The van der Waals surface area contributed by atoms with Gasteiger partial charge in [-0.1, -0.05) is 52.4 Å². The fourth-order valence-corrected chi connectivity index (χ4v) is 2.80. The summed E-state index contributed by atoms with van der Waals surface area (Å²) in [6.45, 7) is 4.34. The molecular formula is C13H24O. The maximum Gasteiger partial charge on any atom is 0.122 e. The molecule has 0 aromatic heterocycles. The molecule has 0 bridgehead atoms. The second kappa shape index (κ2) is 6.21. The van der Waals surface area contributed by atoms with Crippen molar-refractivity contribution in [3.8, 4) is 0 Å². The van der Waals surface area contributed by atoms with Crippen molar-refractivity contribution in [2.75, 3.05) is 0 Å². The van der Waals surface area contributed by atoms with Crippen molar-refractivity contribution in [2.24, 2.45) is 17.8 Å².